The number of ether oxygens (including phenoxy) is 1. The number of unbranched alkanes of at least 4 members (excludes halogenated alkanes) is 2. The molecule has 0 spiro atoms. The van der Waals surface area contributed by atoms with Crippen molar-refractivity contribution < 1.29 is 13.9 Å². The highest BCUT2D eigenvalue weighted by Gasteiger charge is 2.42. The van der Waals surface area contributed by atoms with Crippen molar-refractivity contribution in [3.8, 4) is 5.75 Å². The number of carbonyl (C=O) groups is 1. The molecule has 168 valence electrons. The largest absolute Gasteiger partial charge is 0.494 e. The van der Waals surface area contributed by atoms with Gasteiger partial charge in [0.05, 0.1) is 23.6 Å². The number of amides is 1. The van der Waals surface area contributed by atoms with E-state index >= 15 is 0 Å². The van der Waals surface area contributed by atoms with E-state index in [1.165, 1.54) is 0 Å². The third-order valence-corrected chi connectivity index (χ3v) is 5.85. The lowest BCUT2D eigenvalue weighted by Gasteiger charge is -2.26. The van der Waals surface area contributed by atoms with Crippen LogP contribution in [-0.2, 0) is 0 Å². The van der Waals surface area contributed by atoms with Crippen LogP contribution in [0.15, 0.2) is 57.7 Å². The molecule has 0 bridgehead atoms. The predicted octanol–water partition coefficient (Wildman–Crippen LogP) is 4.47. The molecule has 1 atom stereocenters. The number of fused-ring (bicyclic) bond motifs is 2. The van der Waals surface area contributed by atoms with Gasteiger partial charge in [-0.25, -0.2) is 0 Å². The second-order valence-electron chi connectivity index (χ2n) is 8.50. The molecule has 3 aromatic rings. The first-order chi connectivity index (χ1) is 15.5. The molecule has 0 fully saturated rings. The van der Waals surface area contributed by atoms with Gasteiger partial charge in [0.25, 0.3) is 5.91 Å². The van der Waals surface area contributed by atoms with Crippen LogP contribution in [0.5, 0.6) is 5.75 Å². The standard InChI is InChI=1S/C26H30N2O4/c1-4-5-8-16-31-19-11-9-10-18(17-19)23-22-24(29)20-12-6-7-13-21(20)32-25(22)26(30)28(23)15-14-27(2)3/h6-7,9-13,17,23H,4-5,8,14-16H2,1-3H3. The van der Waals surface area contributed by atoms with Crippen LogP contribution in [0, 0.1) is 0 Å². The Balaban J connectivity index is 1.77. The first-order valence-corrected chi connectivity index (χ1v) is 11.3. The fourth-order valence-corrected chi connectivity index (χ4v) is 4.17. The summed E-state index contributed by atoms with van der Waals surface area (Å²) in [7, 11) is 3.93. The van der Waals surface area contributed by atoms with E-state index in [9.17, 15) is 9.59 Å². The van der Waals surface area contributed by atoms with Crippen molar-refractivity contribution in [1.82, 2.24) is 9.80 Å². The molecular weight excluding hydrogens is 404 g/mol. The highest BCUT2D eigenvalue weighted by molar-refractivity contribution is 5.99. The van der Waals surface area contributed by atoms with Gasteiger partial charge in [-0.3, -0.25) is 9.59 Å². The Morgan fingerprint density at radius 1 is 1.06 bits per heavy atom. The fourth-order valence-electron chi connectivity index (χ4n) is 4.17. The molecule has 0 saturated heterocycles. The average molecular weight is 435 g/mol. The first-order valence-electron chi connectivity index (χ1n) is 11.3. The second kappa shape index (κ2) is 9.57. The minimum Gasteiger partial charge on any atom is -0.494 e. The number of nitrogens with zero attached hydrogens (tertiary/aromatic N) is 2. The van der Waals surface area contributed by atoms with Crippen LogP contribution in [0.2, 0.25) is 0 Å². The van der Waals surface area contributed by atoms with Crippen molar-refractivity contribution in [1.29, 1.82) is 0 Å². The van der Waals surface area contributed by atoms with E-state index in [2.05, 4.69) is 6.92 Å². The van der Waals surface area contributed by atoms with Crippen molar-refractivity contribution in [2.24, 2.45) is 0 Å². The third-order valence-electron chi connectivity index (χ3n) is 5.85. The van der Waals surface area contributed by atoms with Gasteiger partial charge in [-0.05, 0) is 50.3 Å². The Kier molecular flexibility index (Phi) is 6.61. The summed E-state index contributed by atoms with van der Waals surface area (Å²) in [4.78, 5) is 30.6. The summed E-state index contributed by atoms with van der Waals surface area (Å²) in [5.41, 5.74) is 1.55. The minimum atomic E-state index is -0.502. The summed E-state index contributed by atoms with van der Waals surface area (Å²) in [6.07, 6.45) is 3.25. The van der Waals surface area contributed by atoms with Gasteiger partial charge in [0.15, 0.2) is 5.43 Å². The lowest BCUT2D eigenvalue weighted by atomic mass is 9.98. The van der Waals surface area contributed by atoms with Crippen molar-refractivity contribution in [2.45, 2.75) is 32.2 Å². The first kappa shape index (κ1) is 22.1. The fraction of sp³-hybridized carbons (Fsp3) is 0.385. The Labute approximate surface area is 188 Å². The maximum absolute atomic E-state index is 13.5. The number of rotatable bonds is 9. The molecule has 32 heavy (non-hydrogen) atoms. The SMILES string of the molecule is CCCCCOc1cccc(C2c3c(oc4ccccc4c3=O)C(=O)N2CCN(C)C)c1. The van der Waals surface area contributed by atoms with Crippen molar-refractivity contribution in [3.05, 3.63) is 75.6 Å². The van der Waals surface area contributed by atoms with E-state index in [1.54, 1.807) is 23.1 Å². The van der Waals surface area contributed by atoms with Crippen LogP contribution < -0.4 is 10.2 Å². The van der Waals surface area contributed by atoms with Gasteiger partial charge in [-0.1, -0.05) is 44.0 Å². The molecule has 1 amide bonds. The third kappa shape index (κ3) is 4.28. The normalized spacial score (nSPS) is 15.6. The van der Waals surface area contributed by atoms with E-state index in [4.69, 9.17) is 9.15 Å². The van der Waals surface area contributed by atoms with Gasteiger partial charge in [-0.15, -0.1) is 0 Å². The summed E-state index contributed by atoms with van der Waals surface area (Å²) in [6.45, 7) is 3.97. The zero-order valence-electron chi connectivity index (χ0n) is 19.0. The summed E-state index contributed by atoms with van der Waals surface area (Å²) in [5, 5.41) is 0.491. The van der Waals surface area contributed by atoms with Crippen molar-refractivity contribution in [3.63, 3.8) is 0 Å². The van der Waals surface area contributed by atoms with Gasteiger partial charge in [0, 0.05) is 13.1 Å². The Hall–Kier alpha value is -3.12. The second-order valence-corrected chi connectivity index (χ2v) is 8.50. The molecule has 0 saturated carbocycles. The smallest absolute Gasteiger partial charge is 0.290 e. The van der Waals surface area contributed by atoms with Gasteiger partial charge < -0.3 is 19.0 Å². The molecule has 0 radical (unpaired) electrons. The van der Waals surface area contributed by atoms with Gasteiger partial charge >= 0.3 is 0 Å². The average Bonchev–Trinajstić information content (AvgIpc) is 3.07. The molecule has 4 rings (SSSR count). The van der Waals surface area contributed by atoms with Gasteiger partial charge in [0.1, 0.15) is 11.3 Å². The number of carbonyl (C=O) groups excluding carboxylic acids is 1. The van der Waals surface area contributed by atoms with E-state index < -0.39 is 6.04 Å². The van der Waals surface area contributed by atoms with Crippen LogP contribution >= 0.6 is 0 Å². The van der Waals surface area contributed by atoms with Gasteiger partial charge in [-0.2, -0.15) is 0 Å². The van der Waals surface area contributed by atoms with E-state index in [1.807, 2.05) is 49.3 Å². The van der Waals surface area contributed by atoms with Gasteiger partial charge in [0.2, 0.25) is 5.76 Å². The van der Waals surface area contributed by atoms with Crippen LogP contribution in [0.25, 0.3) is 11.0 Å². The molecule has 0 aliphatic carbocycles. The topological polar surface area (TPSA) is 63.0 Å². The van der Waals surface area contributed by atoms with Crippen molar-refractivity contribution in [2.75, 3.05) is 33.8 Å². The molecule has 6 nitrogen and oxygen atoms in total. The predicted molar refractivity (Wildman–Crippen MR) is 125 cm³/mol. The van der Waals surface area contributed by atoms with E-state index in [-0.39, 0.29) is 17.1 Å². The van der Waals surface area contributed by atoms with Crippen molar-refractivity contribution >= 4 is 16.9 Å². The summed E-state index contributed by atoms with van der Waals surface area (Å²) in [6, 6.07) is 14.3. The highest BCUT2D eigenvalue weighted by Crippen LogP contribution is 2.38. The molecule has 2 heterocycles. The maximum atomic E-state index is 13.5. The molecule has 2 aromatic carbocycles. The Morgan fingerprint density at radius 2 is 1.88 bits per heavy atom. The zero-order chi connectivity index (χ0) is 22.7. The van der Waals surface area contributed by atoms with Crippen LogP contribution in [0.1, 0.15) is 53.9 Å². The molecule has 1 unspecified atom stereocenters. The monoisotopic (exact) mass is 434 g/mol. The number of hydrogen-bond acceptors (Lipinski definition) is 5. The number of benzene rings is 2. The van der Waals surface area contributed by atoms with Crippen LogP contribution in [-0.4, -0.2) is 49.5 Å². The molecule has 1 aromatic heterocycles. The molecule has 1 aliphatic rings. The zero-order valence-corrected chi connectivity index (χ0v) is 19.0. The lowest BCUT2D eigenvalue weighted by Crippen LogP contribution is -2.35. The molecular formula is C26H30N2O4. The Bertz CT molecular complexity index is 1170. The quantitative estimate of drug-likeness (QED) is 0.465. The highest BCUT2D eigenvalue weighted by atomic mass is 16.5. The summed E-state index contributed by atoms with van der Waals surface area (Å²) < 4.78 is 11.9. The summed E-state index contributed by atoms with van der Waals surface area (Å²) in [5.74, 6) is 0.646. The van der Waals surface area contributed by atoms with Crippen LogP contribution in [0.4, 0.5) is 0 Å². The minimum absolute atomic E-state index is 0.145. The Morgan fingerprint density at radius 3 is 2.66 bits per heavy atom. The lowest BCUT2D eigenvalue weighted by molar-refractivity contribution is 0.0716. The molecule has 0 N–H and O–H groups in total. The number of para-hydroxylation sites is 1. The molecule has 1 aliphatic heterocycles. The van der Waals surface area contributed by atoms with E-state index in [0.717, 1.165) is 30.6 Å². The number of hydrogen-bond donors (Lipinski definition) is 0. The number of likely N-dealkylation sites (N-methyl/N-ethyl adjacent to an activating group) is 1. The van der Waals surface area contributed by atoms with E-state index in [0.29, 0.717) is 36.2 Å². The summed E-state index contributed by atoms with van der Waals surface area (Å²) >= 11 is 0. The maximum Gasteiger partial charge on any atom is 0.290 e. The van der Waals surface area contributed by atoms with Crippen LogP contribution in [0.3, 0.4) is 0 Å². The molecule has 6 heteroatoms.